The molecule has 0 saturated heterocycles. The number of nitrogens with one attached hydrogen (secondary N) is 1. The Labute approximate surface area is 101 Å². The quantitative estimate of drug-likeness (QED) is 0.808. The molecule has 4 nitrogen and oxygen atoms in total. The van der Waals surface area contributed by atoms with Crippen LogP contribution in [0.2, 0.25) is 0 Å². The SMILES string of the molecule is CC1(CNc2nnc(CCCl)o2)CCCC1. The van der Waals surface area contributed by atoms with E-state index in [1.807, 2.05) is 0 Å². The molecule has 0 aliphatic heterocycles. The molecule has 1 heterocycles. The Kier molecular flexibility index (Phi) is 3.69. The Morgan fingerprint density at radius 3 is 2.81 bits per heavy atom. The summed E-state index contributed by atoms with van der Waals surface area (Å²) in [5.74, 6) is 1.12. The first-order chi connectivity index (χ1) is 7.72. The second-order valence-corrected chi connectivity index (χ2v) is 5.19. The summed E-state index contributed by atoms with van der Waals surface area (Å²) in [5.41, 5.74) is 0.390. The number of hydrogen-bond donors (Lipinski definition) is 1. The lowest BCUT2D eigenvalue weighted by molar-refractivity contribution is 0.356. The highest BCUT2D eigenvalue weighted by Crippen LogP contribution is 2.37. The van der Waals surface area contributed by atoms with Crippen molar-refractivity contribution < 1.29 is 4.42 Å². The molecule has 0 spiro atoms. The maximum Gasteiger partial charge on any atom is 0.315 e. The lowest BCUT2D eigenvalue weighted by Crippen LogP contribution is -2.23. The Hall–Kier alpha value is -0.770. The van der Waals surface area contributed by atoms with E-state index in [1.54, 1.807) is 0 Å². The first-order valence-corrected chi connectivity index (χ1v) is 6.38. The first-order valence-electron chi connectivity index (χ1n) is 5.84. The van der Waals surface area contributed by atoms with E-state index in [0.717, 1.165) is 6.54 Å². The molecule has 16 heavy (non-hydrogen) atoms. The molecule has 1 N–H and O–H groups in total. The van der Waals surface area contributed by atoms with Crippen LogP contribution in [0.25, 0.3) is 0 Å². The zero-order valence-corrected chi connectivity index (χ0v) is 10.4. The van der Waals surface area contributed by atoms with Crippen molar-refractivity contribution >= 4 is 17.6 Å². The molecule has 1 aromatic heterocycles. The van der Waals surface area contributed by atoms with Crippen LogP contribution in [0.3, 0.4) is 0 Å². The minimum Gasteiger partial charge on any atom is -0.408 e. The van der Waals surface area contributed by atoms with Crippen molar-refractivity contribution in [3.8, 4) is 0 Å². The molecule has 0 atom stereocenters. The van der Waals surface area contributed by atoms with E-state index in [-0.39, 0.29) is 0 Å². The maximum absolute atomic E-state index is 5.60. The molecule has 0 unspecified atom stereocenters. The second-order valence-electron chi connectivity index (χ2n) is 4.81. The zero-order valence-electron chi connectivity index (χ0n) is 9.63. The fourth-order valence-electron chi connectivity index (χ4n) is 2.20. The van der Waals surface area contributed by atoms with Crippen molar-refractivity contribution in [1.29, 1.82) is 0 Å². The summed E-state index contributed by atoms with van der Waals surface area (Å²) >= 11 is 5.60. The number of nitrogens with zero attached hydrogens (tertiary/aromatic N) is 2. The van der Waals surface area contributed by atoms with Gasteiger partial charge in [0.25, 0.3) is 0 Å². The van der Waals surface area contributed by atoms with E-state index in [0.29, 0.717) is 29.6 Å². The predicted octanol–water partition coefficient (Wildman–Crippen LogP) is 2.84. The standard InChI is InChI=1S/C11H18ClN3O/c1-11(5-2-3-6-11)8-13-10-15-14-9(16-10)4-7-12/h2-8H2,1H3,(H,13,15). The van der Waals surface area contributed by atoms with Gasteiger partial charge in [0.05, 0.1) is 0 Å². The largest absolute Gasteiger partial charge is 0.408 e. The van der Waals surface area contributed by atoms with Gasteiger partial charge in [0.15, 0.2) is 0 Å². The highest BCUT2D eigenvalue weighted by molar-refractivity contribution is 6.17. The van der Waals surface area contributed by atoms with Gasteiger partial charge in [-0.05, 0) is 18.3 Å². The van der Waals surface area contributed by atoms with Gasteiger partial charge in [0, 0.05) is 18.8 Å². The van der Waals surface area contributed by atoms with E-state index in [4.69, 9.17) is 16.0 Å². The van der Waals surface area contributed by atoms with E-state index in [1.165, 1.54) is 25.7 Å². The highest BCUT2D eigenvalue weighted by atomic mass is 35.5. The number of hydrogen-bond acceptors (Lipinski definition) is 4. The summed E-state index contributed by atoms with van der Waals surface area (Å²) in [7, 11) is 0. The molecule has 1 fully saturated rings. The van der Waals surface area contributed by atoms with Crippen LogP contribution in [0.4, 0.5) is 6.01 Å². The molecule has 90 valence electrons. The summed E-state index contributed by atoms with van der Waals surface area (Å²) < 4.78 is 5.41. The van der Waals surface area contributed by atoms with Crippen LogP contribution in [0.1, 0.15) is 38.5 Å². The molecule has 0 radical (unpaired) electrons. The summed E-state index contributed by atoms with van der Waals surface area (Å²) in [6.07, 6.45) is 5.86. The van der Waals surface area contributed by atoms with E-state index in [2.05, 4.69) is 22.4 Å². The number of alkyl halides is 1. The van der Waals surface area contributed by atoms with Crippen LogP contribution < -0.4 is 5.32 Å². The second kappa shape index (κ2) is 5.04. The van der Waals surface area contributed by atoms with Crippen molar-refractivity contribution in [3.63, 3.8) is 0 Å². The van der Waals surface area contributed by atoms with E-state index in [9.17, 15) is 0 Å². The minimum atomic E-state index is 0.390. The fraction of sp³-hybridized carbons (Fsp3) is 0.818. The van der Waals surface area contributed by atoms with Crippen LogP contribution in [-0.2, 0) is 6.42 Å². The lowest BCUT2D eigenvalue weighted by Gasteiger charge is -2.22. The van der Waals surface area contributed by atoms with Gasteiger partial charge in [0.2, 0.25) is 5.89 Å². The summed E-state index contributed by atoms with van der Waals surface area (Å²) in [6, 6.07) is 0.522. The highest BCUT2D eigenvalue weighted by Gasteiger charge is 2.28. The van der Waals surface area contributed by atoms with Gasteiger partial charge in [-0.1, -0.05) is 24.9 Å². The molecule has 1 aromatic rings. The minimum absolute atomic E-state index is 0.390. The van der Waals surface area contributed by atoms with Crippen molar-refractivity contribution in [2.24, 2.45) is 5.41 Å². The smallest absolute Gasteiger partial charge is 0.315 e. The van der Waals surface area contributed by atoms with Gasteiger partial charge in [-0.2, -0.15) is 0 Å². The number of halogens is 1. The average Bonchev–Trinajstić information content (AvgIpc) is 2.86. The monoisotopic (exact) mass is 243 g/mol. The van der Waals surface area contributed by atoms with Crippen molar-refractivity contribution in [3.05, 3.63) is 5.89 Å². The molecule has 0 amide bonds. The zero-order chi connectivity index (χ0) is 11.4. The van der Waals surface area contributed by atoms with Gasteiger partial charge in [-0.25, -0.2) is 0 Å². The van der Waals surface area contributed by atoms with Crippen LogP contribution in [0.15, 0.2) is 4.42 Å². The Balaban J connectivity index is 1.84. The lowest BCUT2D eigenvalue weighted by atomic mass is 9.89. The Morgan fingerprint density at radius 1 is 1.38 bits per heavy atom. The Morgan fingerprint density at radius 2 is 2.12 bits per heavy atom. The number of anilines is 1. The van der Waals surface area contributed by atoms with Crippen LogP contribution in [-0.4, -0.2) is 22.6 Å². The van der Waals surface area contributed by atoms with E-state index < -0.39 is 0 Å². The molecule has 5 heteroatoms. The fourth-order valence-corrected chi connectivity index (χ4v) is 2.36. The van der Waals surface area contributed by atoms with Crippen LogP contribution in [0.5, 0.6) is 0 Å². The van der Waals surface area contributed by atoms with E-state index >= 15 is 0 Å². The predicted molar refractivity (Wildman–Crippen MR) is 63.8 cm³/mol. The maximum atomic E-state index is 5.60. The summed E-state index contributed by atoms with van der Waals surface area (Å²) in [4.78, 5) is 0. The topological polar surface area (TPSA) is 51.0 Å². The molecule has 1 aliphatic rings. The van der Waals surface area contributed by atoms with Gasteiger partial charge in [-0.3, -0.25) is 0 Å². The molecule has 0 aromatic carbocycles. The molecule has 1 saturated carbocycles. The summed E-state index contributed by atoms with van der Waals surface area (Å²) in [5, 5.41) is 11.1. The molecule has 0 bridgehead atoms. The van der Waals surface area contributed by atoms with Gasteiger partial charge >= 0.3 is 6.01 Å². The van der Waals surface area contributed by atoms with Gasteiger partial charge in [0.1, 0.15) is 0 Å². The van der Waals surface area contributed by atoms with Crippen molar-refractivity contribution in [2.45, 2.75) is 39.0 Å². The molecule has 1 aliphatic carbocycles. The molecular weight excluding hydrogens is 226 g/mol. The van der Waals surface area contributed by atoms with Gasteiger partial charge < -0.3 is 9.73 Å². The molecular formula is C11H18ClN3O. The summed E-state index contributed by atoms with van der Waals surface area (Å²) in [6.45, 7) is 3.22. The number of rotatable bonds is 5. The third-order valence-corrected chi connectivity index (χ3v) is 3.44. The number of aryl methyl sites for hydroxylation is 1. The van der Waals surface area contributed by atoms with Crippen molar-refractivity contribution in [2.75, 3.05) is 17.7 Å². The third-order valence-electron chi connectivity index (χ3n) is 3.25. The van der Waals surface area contributed by atoms with Crippen molar-refractivity contribution in [1.82, 2.24) is 10.2 Å². The Bertz CT molecular complexity index is 334. The first kappa shape index (κ1) is 11.7. The van der Waals surface area contributed by atoms with Crippen LogP contribution in [0, 0.1) is 5.41 Å². The number of aromatic nitrogens is 2. The molecule has 2 rings (SSSR count). The normalized spacial score (nSPS) is 18.9. The average molecular weight is 244 g/mol. The van der Waals surface area contributed by atoms with Crippen LogP contribution >= 0.6 is 11.6 Å². The van der Waals surface area contributed by atoms with Gasteiger partial charge in [-0.15, -0.1) is 16.7 Å². The third kappa shape index (κ3) is 2.88.